The van der Waals surface area contributed by atoms with E-state index in [1.807, 2.05) is 16.7 Å². The quantitative estimate of drug-likeness (QED) is 0.449. The number of pyridine rings is 1. The lowest BCUT2D eigenvalue weighted by Crippen LogP contribution is -2.17. The predicted octanol–water partition coefficient (Wildman–Crippen LogP) is 3.27. The number of rotatable bonds is 8. The zero-order valence-corrected chi connectivity index (χ0v) is 17.0. The van der Waals surface area contributed by atoms with Gasteiger partial charge in [-0.2, -0.15) is 0 Å². The molecule has 29 heavy (non-hydrogen) atoms. The van der Waals surface area contributed by atoms with Crippen LogP contribution in [0.2, 0.25) is 0 Å². The van der Waals surface area contributed by atoms with Crippen LogP contribution in [0.15, 0.2) is 53.9 Å². The highest BCUT2D eigenvalue weighted by Crippen LogP contribution is 2.24. The number of nitrogens with one attached hydrogen (secondary N) is 1. The van der Waals surface area contributed by atoms with Crippen LogP contribution in [0, 0.1) is 0 Å². The van der Waals surface area contributed by atoms with Crippen molar-refractivity contribution in [1.29, 1.82) is 0 Å². The van der Waals surface area contributed by atoms with Crippen molar-refractivity contribution < 1.29 is 14.3 Å². The molecule has 3 rings (SSSR count). The first kappa shape index (κ1) is 20.5. The molecule has 2 heterocycles. The van der Waals surface area contributed by atoms with Gasteiger partial charge in [-0.25, -0.2) is 4.79 Å². The van der Waals surface area contributed by atoms with Gasteiger partial charge < -0.3 is 14.6 Å². The maximum atomic E-state index is 12.4. The van der Waals surface area contributed by atoms with Crippen LogP contribution in [0.1, 0.15) is 23.7 Å². The van der Waals surface area contributed by atoms with Crippen molar-refractivity contribution in [3.05, 3.63) is 54.4 Å². The maximum Gasteiger partial charge on any atom is 0.339 e. The molecule has 0 spiro atoms. The van der Waals surface area contributed by atoms with E-state index in [9.17, 15) is 9.59 Å². The molecule has 8 nitrogen and oxygen atoms in total. The number of aromatic nitrogens is 4. The number of esters is 1. The lowest BCUT2D eigenvalue weighted by atomic mass is 10.2. The highest BCUT2D eigenvalue weighted by molar-refractivity contribution is 7.99. The first-order valence-corrected chi connectivity index (χ1v) is 10.1. The van der Waals surface area contributed by atoms with E-state index in [0.29, 0.717) is 16.4 Å². The summed E-state index contributed by atoms with van der Waals surface area (Å²) in [7, 11) is 1.30. The van der Waals surface area contributed by atoms with Crippen molar-refractivity contribution >= 4 is 29.3 Å². The molecule has 1 N–H and O–H groups in total. The summed E-state index contributed by atoms with van der Waals surface area (Å²) in [5.74, 6) is 0.0984. The number of methoxy groups -OCH3 is 1. The Kier molecular flexibility index (Phi) is 6.96. The largest absolute Gasteiger partial charge is 0.465 e. The molecule has 0 aliphatic heterocycles. The van der Waals surface area contributed by atoms with Crippen LogP contribution < -0.4 is 5.32 Å². The van der Waals surface area contributed by atoms with Gasteiger partial charge in [0.1, 0.15) is 0 Å². The number of thioether (sulfide) groups is 1. The van der Waals surface area contributed by atoms with Gasteiger partial charge in [0.25, 0.3) is 0 Å². The van der Waals surface area contributed by atoms with Crippen LogP contribution in [-0.2, 0) is 16.1 Å². The summed E-state index contributed by atoms with van der Waals surface area (Å²) in [6.07, 6.45) is 4.34. The Balaban J connectivity index is 1.71. The van der Waals surface area contributed by atoms with Crippen molar-refractivity contribution in [3.63, 3.8) is 0 Å². The summed E-state index contributed by atoms with van der Waals surface area (Å²) in [4.78, 5) is 28.4. The molecule has 0 bridgehead atoms. The lowest BCUT2D eigenvalue weighted by molar-refractivity contribution is -0.113. The standard InChI is InChI=1S/C20H21N5O3S/c1-3-11-25-18(14-7-6-10-21-12-14)23-24-20(25)29-13-17(26)22-16-9-5-4-8-15(16)19(27)28-2/h4-10,12H,3,11,13H2,1-2H3,(H,22,26). The molecule has 9 heteroatoms. The van der Waals surface area contributed by atoms with Crippen molar-refractivity contribution in [2.45, 2.75) is 25.0 Å². The summed E-state index contributed by atoms with van der Waals surface area (Å²) in [6.45, 7) is 2.80. The number of benzene rings is 1. The highest BCUT2D eigenvalue weighted by atomic mass is 32.2. The van der Waals surface area contributed by atoms with Gasteiger partial charge in [0.05, 0.1) is 24.1 Å². The molecule has 0 aliphatic carbocycles. The molecule has 1 amide bonds. The fraction of sp³-hybridized carbons (Fsp3) is 0.250. The second-order valence-corrected chi connectivity index (χ2v) is 7.02. The molecule has 1 aromatic carbocycles. The van der Waals surface area contributed by atoms with E-state index < -0.39 is 5.97 Å². The number of carbonyl (C=O) groups is 2. The minimum absolute atomic E-state index is 0.129. The fourth-order valence-corrected chi connectivity index (χ4v) is 3.49. The second kappa shape index (κ2) is 9.83. The molecule has 3 aromatic rings. The van der Waals surface area contributed by atoms with Crippen LogP contribution >= 0.6 is 11.8 Å². The van der Waals surface area contributed by atoms with Gasteiger partial charge in [0.2, 0.25) is 5.91 Å². The summed E-state index contributed by atoms with van der Waals surface area (Å²) in [5.41, 5.74) is 1.59. The van der Waals surface area contributed by atoms with Crippen LogP contribution in [0.3, 0.4) is 0 Å². The molecule has 0 aliphatic rings. The van der Waals surface area contributed by atoms with Crippen LogP contribution in [0.5, 0.6) is 0 Å². The van der Waals surface area contributed by atoms with Crippen molar-refractivity contribution in [2.24, 2.45) is 0 Å². The highest BCUT2D eigenvalue weighted by Gasteiger charge is 2.17. The molecule has 0 saturated heterocycles. The average molecular weight is 411 g/mol. The van der Waals surface area contributed by atoms with Crippen molar-refractivity contribution in [3.8, 4) is 11.4 Å². The van der Waals surface area contributed by atoms with E-state index in [1.165, 1.54) is 18.9 Å². The molecular formula is C20H21N5O3S. The van der Waals surface area contributed by atoms with Gasteiger partial charge >= 0.3 is 5.97 Å². The van der Waals surface area contributed by atoms with E-state index in [-0.39, 0.29) is 11.7 Å². The summed E-state index contributed by atoms with van der Waals surface area (Å²) >= 11 is 1.29. The van der Waals surface area contributed by atoms with E-state index in [2.05, 4.69) is 27.4 Å². The Morgan fingerprint density at radius 1 is 1.17 bits per heavy atom. The smallest absolute Gasteiger partial charge is 0.339 e. The van der Waals surface area contributed by atoms with Gasteiger partial charge in [0, 0.05) is 24.5 Å². The molecular weight excluding hydrogens is 390 g/mol. The summed E-state index contributed by atoms with van der Waals surface area (Å²) < 4.78 is 6.74. The molecule has 0 fully saturated rings. The Labute approximate surface area is 172 Å². The molecule has 0 saturated carbocycles. The lowest BCUT2D eigenvalue weighted by Gasteiger charge is -2.10. The third-order valence-corrected chi connectivity index (χ3v) is 4.99. The van der Waals surface area contributed by atoms with E-state index in [1.54, 1.807) is 36.7 Å². The van der Waals surface area contributed by atoms with E-state index >= 15 is 0 Å². The van der Waals surface area contributed by atoms with Gasteiger partial charge in [-0.1, -0.05) is 30.8 Å². The zero-order valence-electron chi connectivity index (χ0n) is 16.2. The van der Waals surface area contributed by atoms with Gasteiger partial charge in [-0.15, -0.1) is 10.2 Å². The number of para-hydroxylation sites is 1. The third-order valence-electron chi connectivity index (χ3n) is 4.02. The number of anilines is 1. The zero-order chi connectivity index (χ0) is 20.6. The Bertz CT molecular complexity index is 991. The summed E-state index contributed by atoms with van der Waals surface area (Å²) in [5, 5.41) is 11.9. The minimum Gasteiger partial charge on any atom is -0.465 e. The molecule has 0 unspecified atom stereocenters. The number of nitrogens with zero attached hydrogens (tertiary/aromatic N) is 4. The van der Waals surface area contributed by atoms with Crippen LogP contribution in [0.4, 0.5) is 5.69 Å². The molecule has 2 aromatic heterocycles. The monoisotopic (exact) mass is 411 g/mol. The van der Waals surface area contributed by atoms with E-state index in [4.69, 9.17) is 4.74 Å². The first-order valence-electron chi connectivity index (χ1n) is 9.07. The second-order valence-electron chi connectivity index (χ2n) is 6.07. The Morgan fingerprint density at radius 3 is 2.72 bits per heavy atom. The van der Waals surface area contributed by atoms with Crippen molar-refractivity contribution in [2.75, 3.05) is 18.2 Å². The minimum atomic E-state index is -0.502. The normalized spacial score (nSPS) is 10.6. The predicted molar refractivity (Wildman–Crippen MR) is 111 cm³/mol. The van der Waals surface area contributed by atoms with Crippen LogP contribution in [0.25, 0.3) is 11.4 Å². The number of hydrogen-bond donors (Lipinski definition) is 1. The molecule has 150 valence electrons. The molecule has 0 atom stereocenters. The van der Waals surface area contributed by atoms with Gasteiger partial charge in [-0.3, -0.25) is 9.78 Å². The number of hydrogen-bond acceptors (Lipinski definition) is 7. The topological polar surface area (TPSA) is 99.0 Å². The number of carbonyl (C=O) groups excluding carboxylic acids is 2. The van der Waals surface area contributed by atoms with Crippen LogP contribution in [-0.4, -0.2) is 44.5 Å². The van der Waals surface area contributed by atoms with Gasteiger partial charge in [0.15, 0.2) is 11.0 Å². The fourth-order valence-electron chi connectivity index (χ4n) is 2.73. The molecule has 0 radical (unpaired) electrons. The maximum absolute atomic E-state index is 12.4. The Hall–Kier alpha value is -3.20. The Morgan fingerprint density at radius 2 is 2.00 bits per heavy atom. The SMILES string of the molecule is CCCn1c(SCC(=O)Nc2ccccc2C(=O)OC)nnc1-c1cccnc1. The number of amides is 1. The van der Waals surface area contributed by atoms with E-state index in [0.717, 1.165) is 24.4 Å². The average Bonchev–Trinajstić information content (AvgIpc) is 3.15. The third kappa shape index (κ3) is 5.00. The van der Waals surface area contributed by atoms with Crippen molar-refractivity contribution in [1.82, 2.24) is 19.7 Å². The summed E-state index contributed by atoms with van der Waals surface area (Å²) in [6, 6.07) is 10.5. The number of ether oxygens (including phenoxy) is 1. The van der Waals surface area contributed by atoms with Gasteiger partial charge in [-0.05, 0) is 30.7 Å². The first-order chi connectivity index (χ1) is 14.1.